The van der Waals surface area contributed by atoms with Crippen molar-refractivity contribution in [1.29, 1.82) is 0 Å². The third-order valence-electron chi connectivity index (χ3n) is 5.19. The molecule has 0 radical (unpaired) electrons. The van der Waals surface area contributed by atoms with Crippen molar-refractivity contribution in [2.75, 3.05) is 0 Å². The molecule has 0 aliphatic carbocycles. The second-order valence-corrected chi connectivity index (χ2v) is 7.57. The molecule has 0 amide bonds. The zero-order valence-electron chi connectivity index (χ0n) is 17.2. The fraction of sp³-hybridized carbons (Fsp3) is 0.542. The van der Waals surface area contributed by atoms with Crippen LogP contribution in [0.4, 0.5) is 0 Å². The molecule has 2 rings (SSSR count). The molecule has 28 heavy (non-hydrogen) atoms. The summed E-state index contributed by atoms with van der Waals surface area (Å²) in [6, 6.07) is 8.35. The van der Waals surface area contributed by atoms with Gasteiger partial charge >= 0.3 is 5.97 Å². The van der Waals surface area contributed by atoms with Crippen molar-refractivity contribution in [2.24, 2.45) is 0 Å². The molecular formula is C24H34N2O2. The van der Waals surface area contributed by atoms with E-state index in [1.165, 1.54) is 88.6 Å². The number of aryl methyl sites for hydroxylation is 1. The third kappa shape index (κ3) is 8.20. The Morgan fingerprint density at radius 3 is 1.86 bits per heavy atom. The Labute approximate surface area is 169 Å². The maximum absolute atomic E-state index is 10.8. The molecule has 0 fully saturated rings. The summed E-state index contributed by atoms with van der Waals surface area (Å²) < 4.78 is 0. The van der Waals surface area contributed by atoms with E-state index in [2.05, 4.69) is 29.0 Å². The van der Waals surface area contributed by atoms with E-state index < -0.39 is 5.97 Å². The molecule has 1 aromatic heterocycles. The number of aromatic carboxylic acids is 1. The van der Waals surface area contributed by atoms with Gasteiger partial charge in [0.2, 0.25) is 0 Å². The number of carboxylic acid groups (broad SMARTS) is 1. The number of aromatic nitrogens is 2. The number of nitrogens with zero attached hydrogens (tertiary/aromatic N) is 2. The van der Waals surface area contributed by atoms with E-state index in [-0.39, 0.29) is 5.69 Å². The highest BCUT2D eigenvalue weighted by atomic mass is 16.4. The highest BCUT2D eigenvalue weighted by molar-refractivity contribution is 5.85. The molecule has 0 bridgehead atoms. The third-order valence-corrected chi connectivity index (χ3v) is 5.19. The molecule has 1 aromatic carbocycles. The summed E-state index contributed by atoms with van der Waals surface area (Å²) >= 11 is 0. The minimum atomic E-state index is -1.05. The van der Waals surface area contributed by atoms with E-state index in [9.17, 15) is 4.79 Å². The zero-order chi connectivity index (χ0) is 20.0. The van der Waals surface area contributed by atoms with Crippen molar-refractivity contribution < 1.29 is 9.90 Å². The predicted octanol–water partition coefficient (Wildman–Crippen LogP) is 6.70. The van der Waals surface area contributed by atoms with Crippen LogP contribution >= 0.6 is 0 Å². The number of rotatable bonds is 14. The Morgan fingerprint density at radius 2 is 1.36 bits per heavy atom. The van der Waals surface area contributed by atoms with Gasteiger partial charge in [-0.2, -0.15) is 0 Å². The van der Waals surface area contributed by atoms with Crippen molar-refractivity contribution in [2.45, 2.75) is 84.0 Å². The van der Waals surface area contributed by atoms with Gasteiger partial charge in [0, 0.05) is 5.56 Å². The van der Waals surface area contributed by atoms with Crippen molar-refractivity contribution in [3.05, 3.63) is 47.9 Å². The molecule has 0 saturated carbocycles. The first-order chi connectivity index (χ1) is 13.7. The van der Waals surface area contributed by atoms with Gasteiger partial charge in [-0.3, -0.25) is 4.98 Å². The monoisotopic (exact) mass is 382 g/mol. The Bertz CT molecular complexity index is 681. The average molecular weight is 383 g/mol. The predicted molar refractivity (Wildman–Crippen MR) is 115 cm³/mol. The van der Waals surface area contributed by atoms with Crippen LogP contribution in [0.5, 0.6) is 0 Å². The summed E-state index contributed by atoms with van der Waals surface area (Å²) in [6.45, 7) is 2.27. The van der Waals surface area contributed by atoms with Crippen molar-refractivity contribution >= 4 is 5.97 Å². The molecule has 0 aliphatic rings. The molecule has 1 N–H and O–H groups in total. The molecule has 152 valence electrons. The van der Waals surface area contributed by atoms with Crippen molar-refractivity contribution in [3.8, 4) is 11.3 Å². The fourth-order valence-electron chi connectivity index (χ4n) is 3.42. The summed E-state index contributed by atoms with van der Waals surface area (Å²) in [5, 5.41) is 8.88. The molecule has 2 aromatic rings. The number of hydrogen-bond acceptors (Lipinski definition) is 3. The van der Waals surface area contributed by atoms with E-state index in [0.29, 0.717) is 5.69 Å². The lowest BCUT2D eigenvalue weighted by Crippen LogP contribution is -2.01. The lowest BCUT2D eigenvalue weighted by atomic mass is 10.0. The molecule has 0 saturated heterocycles. The van der Waals surface area contributed by atoms with E-state index in [4.69, 9.17) is 5.11 Å². The topological polar surface area (TPSA) is 63.1 Å². The molecule has 0 atom stereocenters. The Balaban J connectivity index is 1.59. The highest BCUT2D eigenvalue weighted by Crippen LogP contribution is 2.18. The lowest BCUT2D eigenvalue weighted by Gasteiger charge is -2.05. The van der Waals surface area contributed by atoms with E-state index >= 15 is 0 Å². The van der Waals surface area contributed by atoms with Gasteiger partial charge in [0.05, 0.1) is 18.1 Å². The number of carboxylic acids is 1. The van der Waals surface area contributed by atoms with Gasteiger partial charge < -0.3 is 5.11 Å². The molecule has 0 spiro atoms. The molecule has 4 nitrogen and oxygen atoms in total. The van der Waals surface area contributed by atoms with Crippen LogP contribution < -0.4 is 0 Å². The average Bonchev–Trinajstić information content (AvgIpc) is 2.72. The van der Waals surface area contributed by atoms with Gasteiger partial charge in [0.25, 0.3) is 0 Å². The van der Waals surface area contributed by atoms with E-state index in [0.717, 1.165) is 12.0 Å². The summed E-state index contributed by atoms with van der Waals surface area (Å²) in [6.07, 6.45) is 19.0. The summed E-state index contributed by atoms with van der Waals surface area (Å²) in [7, 11) is 0. The molecule has 1 heterocycles. The van der Waals surface area contributed by atoms with Crippen LogP contribution in [-0.4, -0.2) is 21.0 Å². The maximum Gasteiger partial charge on any atom is 0.356 e. The number of unbranched alkanes of at least 4 members (excludes halogenated alkanes) is 10. The standard InChI is InChI=1S/C24H34N2O2/c1-2-3-4-5-6-7-8-9-10-11-12-13-20-14-16-21(17-15-20)22-18-26-23(19-25-22)24(27)28/h14-19H,2-13H2,1H3,(H,27,28). The van der Waals surface area contributed by atoms with Crippen LogP contribution in [-0.2, 0) is 6.42 Å². The second-order valence-electron chi connectivity index (χ2n) is 7.57. The number of benzene rings is 1. The van der Waals surface area contributed by atoms with Crippen molar-refractivity contribution in [3.63, 3.8) is 0 Å². The molecule has 0 aliphatic heterocycles. The van der Waals surface area contributed by atoms with Gasteiger partial charge in [-0.15, -0.1) is 0 Å². The lowest BCUT2D eigenvalue weighted by molar-refractivity contribution is 0.0690. The second kappa shape index (κ2) is 13.0. The maximum atomic E-state index is 10.8. The van der Waals surface area contributed by atoms with Gasteiger partial charge in [-0.25, -0.2) is 9.78 Å². The van der Waals surface area contributed by atoms with E-state index in [1.807, 2.05) is 12.1 Å². The molecular weight excluding hydrogens is 348 g/mol. The van der Waals surface area contributed by atoms with Crippen LogP contribution in [0.15, 0.2) is 36.7 Å². The Kier molecular flexibility index (Phi) is 10.3. The van der Waals surface area contributed by atoms with Gasteiger partial charge in [-0.1, -0.05) is 95.4 Å². The number of carbonyl (C=O) groups is 1. The SMILES string of the molecule is CCCCCCCCCCCCCc1ccc(-c2cnc(C(=O)O)cn2)cc1. The quantitative estimate of drug-likeness (QED) is 0.369. The van der Waals surface area contributed by atoms with Crippen molar-refractivity contribution in [1.82, 2.24) is 9.97 Å². The van der Waals surface area contributed by atoms with Crippen LogP contribution in [0.2, 0.25) is 0 Å². The fourth-order valence-corrected chi connectivity index (χ4v) is 3.42. The summed E-state index contributed by atoms with van der Waals surface area (Å²) in [5.74, 6) is -1.05. The van der Waals surface area contributed by atoms with Crippen LogP contribution in [0.1, 0.15) is 93.6 Å². The first-order valence-electron chi connectivity index (χ1n) is 10.9. The van der Waals surface area contributed by atoms with Crippen LogP contribution in [0.3, 0.4) is 0 Å². The van der Waals surface area contributed by atoms with Gasteiger partial charge in [0.15, 0.2) is 5.69 Å². The molecule has 0 unspecified atom stereocenters. The highest BCUT2D eigenvalue weighted by Gasteiger charge is 2.06. The first kappa shape index (κ1) is 22.1. The van der Waals surface area contributed by atoms with E-state index in [1.54, 1.807) is 0 Å². The van der Waals surface area contributed by atoms with Crippen LogP contribution in [0.25, 0.3) is 11.3 Å². The minimum Gasteiger partial charge on any atom is -0.476 e. The Hall–Kier alpha value is -2.23. The largest absolute Gasteiger partial charge is 0.476 e. The number of hydrogen-bond donors (Lipinski definition) is 1. The first-order valence-corrected chi connectivity index (χ1v) is 10.9. The summed E-state index contributed by atoms with van der Waals surface area (Å²) in [5.41, 5.74) is 2.98. The summed E-state index contributed by atoms with van der Waals surface area (Å²) in [4.78, 5) is 19.0. The smallest absolute Gasteiger partial charge is 0.356 e. The van der Waals surface area contributed by atoms with Gasteiger partial charge in [-0.05, 0) is 18.4 Å². The zero-order valence-corrected chi connectivity index (χ0v) is 17.2. The Morgan fingerprint density at radius 1 is 0.786 bits per heavy atom. The minimum absolute atomic E-state index is 0.0307. The van der Waals surface area contributed by atoms with Crippen LogP contribution in [0, 0.1) is 0 Å². The van der Waals surface area contributed by atoms with Gasteiger partial charge in [0.1, 0.15) is 0 Å². The molecule has 4 heteroatoms. The normalized spacial score (nSPS) is 10.9.